The zero-order valence-corrected chi connectivity index (χ0v) is 28.9. The Hall–Kier alpha value is -3.85. The van der Waals surface area contributed by atoms with Gasteiger partial charge in [0.05, 0.1) is 10.6 Å². The van der Waals surface area contributed by atoms with E-state index in [1.807, 2.05) is 43.3 Å². The lowest BCUT2D eigenvalue weighted by molar-refractivity contribution is -0.140. The Balaban J connectivity index is 1.59. The highest BCUT2D eigenvalue weighted by atomic mass is 35.5. The lowest BCUT2D eigenvalue weighted by Gasteiger charge is -2.35. The fourth-order valence-corrected chi connectivity index (χ4v) is 7.88. The van der Waals surface area contributed by atoms with E-state index in [0.717, 1.165) is 41.1 Å². The summed E-state index contributed by atoms with van der Waals surface area (Å²) in [4.78, 5) is 30.4. The van der Waals surface area contributed by atoms with Crippen molar-refractivity contribution in [2.24, 2.45) is 0 Å². The maximum absolute atomic E-state index is 14.7. The zero-order valence-electron chi connectivity index (χ0n) is 26.5. The van der Waals surface area contributed by atoms with Gasteiger partial charge in [-0.3, -0.25) is 13.9 Å². The molecule has 1 aliphatic carbocycles. The molecule has 1 N–H and O–H groups in total. The van der Waals surface area contributed by atoms with Gasteiger partial charge in [-0.25, -0.2) is 8.42 Å². The van der Waals surface area contributed by atoms with Crippen molar-refractivity contribution in [3.8, 4) is 0 Å². The average molecular weight is 693 g/mol. The summed E-state index contributed by atoms with van der Waals surface area (Å²) in [6.45, 7) is 3.08. The van der Waals surface area contributed by atoms with Gasteiger partial charge in [0.25, 0.3) is 10.0 Å². The number of hydrogen-bond acceptors (Lipinski definition) is 4. The van der Waals surface area contributed by atoms with Crippen LogP contribution in [-0.4, -0.2) is 43.8 Å². The molecule has 0 unspecified atom stereocenters. The summed E-state index contributed by atoms with van der Waals surface area (Å²) in [7, 11) is -4.22. The molecule has 1 aliphatic rings. The summed E-state index contributed by atoms with van der Waals surface area (Å²) < 4.78 is 29.7. The quantitative estimate of drug-likeness (QED) is 0.167. The molecule has 1 saturated carbocycles. The number of sulfonamides is 1. The summed E-state index contributed by atoms with van der Waals surface area (Å²) in [5, 5.41) is 4.07. The first-order valence-electron chi connectivity index (χ1n) is 15.8. The minimum atomic E-state index is -4.22. The van der Waals surface area contributed by atoms with Crippen LogP contribution in [0.25, 0.3) is 0 Å². The first-order chi connectivity index (χ1) is 22.5. The standard InChI is InChI=1S/C37H39Cl2N3O4S/c1-26-16-19-32(20-17-26)47(45,46)42(34-21-18-30(38)22-27(34)2)25-36(43)41(24-29-12-6-9-15-33(29)39)35(23-28-10-4-3-5-11-28)37(44)40-31-13-7-8-14-31/h3-6,9-12,15-22,31,35H,7-8,13-14,23-25H2,1-2H3,(H,40,44)/t35-/m0/s1. The van der Waals surface area contributed by atoms with E-state index in [1.165, 1.54) is 17.0 Å². The third-order valence-corrected chi connectivity index (χ3v) is 11.0. The summed E-state index contributed by atoms with van der Waals surface area (Å²) in [5.41, 5.74) is 3.31. The van der Waals surface area contributed by atoms with Crippen molar-refractivity contribution in [1.82, 2.24) is 10.2 Å². The maximum Gasteiger partial charge on any atom is 0.264 e. The summed E-state index contributed by atoms with van der Waals surface area (Å²) in [5.74, 6) is -0.825. The second-order valence-corrected chi connectivity index (χ2v) is 14.8. The van der Waals surface area contributed by atoms with E-state index in [4.69, 9.17) is 23.2 Å². The third-order valence-electron chi connectivity index (χ3n) is 8.59. The van der Waals surface area contributed by atoms with E-state index in [9.17, 15) is 18.0 Å². The molecule has 5 rings (SSSR count). The van der Waals surface area contributed by atoms with Crippen molar-refractivity contribution in [3.05, 3.63) is 129 Å². The van der Waals surface area contributed by atoms with Gasteiger partial charge in [-0.1, -0.05) is 102 Å². The van der Waals surface area contributed by atoms with E-state index in [0.29, 0.717) is 26.9 Å². The largest absolute Gasteiger partial charge is 0.352 e. The predicted molar refractivity (Wildman–Crippen MR) is 188 cm³/mol. The number of rotatable bonds is 12. The van der Waals surface area contributed by atoms with Crippen LogP contribution in [0.1, 0.15) is 47.9 Å². The van der Waals surface area contributed by atoms with Crippen LogP contribution >= 0.6 is 23.2 Å². The molecule has 1 atom stereocenters. The molecule has 0 aromatic heterocycles. The molecule has 0 heterocycles. The lowest BCUT2D eigenvalue weighted by atomic mass is 10.0. The molecule has 7 nitrogen and oxygen atoms in total. The summed E-state index contributed by atoms with van der Waals surface area (Å²) in [6.07, 6.45) is 4.05. The van der Waals surface area contributed by atoms with Crippen molar-refractivity contribution in [1.29, 1.82) is 0 Å². The van der Waals surface area contributed by atoms with Gasteiger partial charge in [0, 0.05) is 29.1 Å². The van der Waals surface area contributed by atoms with Gasteiger partial charge < -0.3 is 10.2 Å². The molecular formula is C37H39Cl2N3O4S. The molecule has 0 aliphatic heterocycles. The second kappa shape index (κ2) is 15.4. The molecule has 0 radical (unpaired) electrons. The minimum Gasteiger partial charge on any atom is -0.352 e. The Morgan fingerprint density at radius 1 is 0.872 bits per heavy atom. The van der Waals surface area contributed by atoms with Crippen molar-refractivity contribution in [2.45, 2.75) is 69.5 Å². The number of nitrogens with zero attached hydrogens (tertiary/aromatic N) is 2. The van der Waals surface area contributed by atoms with Gasteiger partial charge in [0.15, 0.2) is 0 Å². The second-order valence-electron chi connectivity index (χ2n) is 12.1. The Morgan fingerprint density at radius 2 is 1.53 bits per heavy atom. The molecule has 2 amide bonds. The summed E-state index contributed by atoms with van der Waals surface area (Å²) in [6, 6.07) is 27.1. The monoisotopic (exact) mass is 691 g/mol. The van der Waals surface area contributed by atoms with Crippen molar-refractivity contribution < 1.29 is 18.0 Å². The lowest BCUT2D eigenvalue weighted by Crippen LogP contribution is -2.54. The minimum absolute atomic E-state index is 0.00606. The predicted octanol–water partition coefficient (Wildman–Crippen LogP) is 7.50. The van der Waals surface area contributed by atoms with Crippen LogP contribution in [-0.2, 0) is 32.6 Å². The van der Waals surface area contributed by atoms with Crippen LogP contribution in [0.3, 0.4) is 0 Å². The average Bonchev–Trinajstić information content (AvgIpc) is 3.56. The van der Waals surface area contributed by atoms with Gasteiger partial charge in [-0.15, -0.1) is 0 Å². The number of hydrogen-bond donors (Lipinski definition) is 1. The van der Waals surface area contributed by atoms with Crippen molar-refractivity contribution >= 4 is 50.7 Å². The van der Waals surface area contributed by atoms with Gasteiger partial charge in [-0.2, -0.15) is 0 Å². The topological polar surface area (TPSA) is 86.8 Å². The highest BCUT2D eigenvalue weighted by Gasteiger charge is 2.36. The Labute approximate surface area is 287 Å². The summed E-state index contributed by atoms with van der Waals surface area (Å²) >= 11 is 12.9. The molecule has 10 heteroatoms. The number of amides is 2. The zero-order chi connectivity index (χ0) is 33.6. The highest BCUT2D eigenvalue weighted by Crippen LogP contribution is 2.30. The van der Waals surface area contributed by atoms with Crippen LogP contribution < -0.4 is 9.62 Å². The van der Waals surface area contributed by atoms with E-state index in [1.54, 1.807) is 55.5 Å². The molecular weight excluding hydrogens is 653 g/mol. The maximum atomic E-state index is 14.7. The molecule has 0 bridgehead atoms. The van der Waals surface area contributed by atoms with E-state index in [2.05, 4.69) is 5.32 Å². The molecule has 1 fully saturated rings. The molecule has 0 spiro atoms. The highest BCUT2D eigenvalue weighted by molar-refractivity contribution is 7.92. The van der Waals surface area contributed by atoms with E-state index < -0.39 is 28.5 Å². The SMILES string of the molecule is Cc1ccc(S(=O)(=O)N(CC(=O)N(Cc2ccccc2Cl)[C@@H](Cc2ccccc2)C(=O)NC2CCCC2)c2ccc(Cl)cc2C)cc1. The van der Waals surface area contributed by atoms with Gasteiger partial charge in [0.2, 0.25) is 11.8 Å². The first kappa shape index (κ1) is 34.5. The number of anilines is 1. The van der Waals surface area contributed by atoms with Crippen molar-refractivity contribution in [2.75, 3.05) is 10.8 Å². The number of carbonyl (C=O) groups is 2. The Kier molecular flexibility index (Phi) is 11.3. The van der Waals surface area contributed by atoms with E-state index in [-0.39, 0.29) is 29.8 Å². The van der Waals surface area contributed by atoms with Gasteiger partial charge in [0.1, 0.15) is 12.6 Å². The number of aryl methyl sites for hydroxylation is 2. The first-order valence-corrected chi connectivity index (χ1v) is 18.0. The van der Waals surface area contributed by atoms with Gasteiger partial charge >= 0.3 is 0 Å². The molecule has 246 valence electrons. The van der Waals surface area contributed by atoms with Crippen LogP contribution in [0.2, 0.25) is 10.0 Å². The smallest absolute Gasteiger partial charge is 0.264 e. The normalized spacial score (nSPS) is 14.0. The van der Waals surface area contributed by atoms with Crippen LogP contribution in [0, 0.1) is 13.8 Å². The van der Waals surface area contributed by atoms with Crippen LogP contribution in [0.5, 0.6) is 0 Å². The van der Waals surface area contributed by atoms with Crippen molar-refractivity contribution in [3.63, 3.8) is 0 Å². The molecule has 47 heavy (non-hydrogen) atoms. The third kappa shape index (κ3) is 8.55. The molecule has 4 aromatic carbocycles. The number of nitrogens with one attached hydrogen (secondary N) is 1. The Bertz CT molecular complexity index is 1810. The molecule has 4 aromatic rings. The van der Waals surface area contributed by atoms with Gasteiger partial charge in [-0.05, 0) is 79.8 Å². The molecule has 0 saturated heterocycles. The van der Waals surface area contributed by atoms with E-state index >= 15 is 0 Å². The number of carbonyl (C=O) groups excluding carboxylic acids is 2. The fourth-order valence-electron chi connectivity index (χ4n) is 5.98. The van der Waals surface area contributed by atoms with Crippen LogP contribution in [0.15, 0.2) is 102 Å². The number of halogens is 2. The fraction of sp³-hybridized carbons (Fsp3) is 0.297. The van der Waals surface area contributed by atoms with Crippen LogP contribution in [0.4, 0.5) is 5.69 Å². The number of benzene rings is 4. The Morgan fingerprint density at radius 3 is 2.19 bits per heavy atom.